The van der Waals surface area contributed by atoms with Gasteiger partial charge in [-0.3, -0.25) is 33.6 Å². The first-order chi connectivity index (χ1) is 28.8. The molecule has 2 aliphatic heterocycles. The molecule has 4 heterocycles. The first kappa shape index (κ1) is 38.1. The van der Waals surface area contributed by atoms with Crippen LogP contribution in [0.1, 0.15) is 58.3 Å². The number of carbonyl (C=O) groups excluding carboxylic acids is 5. The number of aromatic hydroxyl groups is 1. The highest BCUT2D eigenvalue weighted by molar-refractivity contribution is 7.22. The number of aromatic nitrogens is 2. The first-order valence-electron chi connectivity index (χ1n) is 20.0. The van der Waals surface area contributed by atoms with Crippen LogP contribution < -0.4 is 9.80 Å². The molecule has 300 valence electrons. The molecular formula is C48H39ClN4O6S. The number of rotatable bonds is 6. The van der Waals surface area contributed by atoms with E-state index in [2.05, 4.69) is 0 Å². The Kier molecular flexibility index (Phi) is 8.68. The van der Waals surface area contributed by atoms with Gasteiger partial charge in [0.15, 0.2) is 5.78 Å². The van der Waals surface area contributed by atoms with Crippen molar-refractivity contribution in [3.63, 3.8) is 0 Å². The molecule has 0 bridgehead atoms. The minimum atomic E-state index is -1.35. The largest absolute Gasteiger partial charge is 0.507 e. The van der Waals surface area contributed by atoms with E-state index in [1.54, 1.807) is 104 Å². The number of benzene rings is 4. The Morgan fingerprint density at radius 3 is 2.33 bits per heavy atom. The molecule has 1 N–H and O–H groups in total. The summed E-state index contributed by atoms with van der Waals surface area (Å²) in [5.74, 6) is -5.11. The summed E-state index contributed by atoms with van der Waals surface area (Å²) in [6.07, 6.45) is 2.38. The number of allylic oxidation sites excluding steroid dienone is 2. The average molecular weight is 835 g/mol. The molecule has 0 radical (unpaired) electrons. The zero-order chi connectivity index (χ0) is 41.9. The molecule has 4 amide bonds. The smallest absolute Gasteiger partial charge is 0.242 e. The van der Waals surface area contributed by atoms with Gasteiger partial charge in [-0.05, 0) is 98.5 Å². The number of aryl methyl sites for hydroxylation is 3. The Bertz CT molecular complexity index is 2900. The maximum Gasteiger partial charge on any atom is 0.242 e. The number of phenols is 1. The second-order valence-corrected chi connectivity index (χ2v) is 18.1. The lowest BCUT2D eigenvalue weighted by molar-refractivity contribution is -0.131. The average Bonchev–Trinajstić information content (AvgIpc) is 3.92. The molecule has 10 nitrogen and oxygen atoms in total. The Labute approximate surface area is 354 Å². The number of halogens is 1. The number of carbonyl (C=O) groups is 5. The van der Waals surface area contributed by atoms with Gasteiger partial charge in [0.1, 0.15) is 17.3 Å². The topological polar surface area (TPSA) is 130 Å². The first-order valence-corrected chi connectivity index (χ1v) is 21.2. The van der Waals surface area contributed by atoms with Crippen molar-refractivity contribution < 1.29 is 29.1 Å². The van der Waals surface area contributed by atoms with Crippen LogP contribution in [0.2, 0.25) is 5.02 Å². The summed E-state index contributed by atoms with van der Waals surface area (Å²) in [7, 11) is 1.71. The lowest BCUT2D eigenvalue weighted by Crippen LogP contribution is -2.49. The standard InChI is InChI=1S/C48H39ClN4O6S/c1-24-9-8-12-32(41(24)54)40-30-18-19-31-39(46(58)52(44(31)56)29-16-13-27(14-17-29)42(55)26-10-6-5-7-11-26)34(30)22-35-45(57)53(47(59)48(35,40)3)38-23-36(50-51(38)4)43-25(2)33-21-28(49)15-20-37(33)60-43/h5-18,20-21,23,31,34-35,39-40,54H,19,22H2,1-4H3. The van der Waals surface area contributed by atoms with E-state index < -0.39 is 46.8 Å². The maximum atomic E-state index is 15.2. The van der Waals surface area contributed by atoms with Crippen LogP contribution in [0.25, 0.3) is 20.7 Å². The van der Waals surface area contributed by atoms with Gasteiger partial charge in [0.2, 0.25) is 23.6 Å². The summed E-state index contributed by atoms with van der Waals surface area (Å²) in [6.45, 7) is 5.59. The number of hydrogen-bond acceptors (Lipinski definition) is 8. The van der Waals surface area contributed by atoms with Gasteiger partial charge >= 0.3 is 0 Å². The summed E-state index contributed by atoms with van der Waals surface area (Å²) >= 11 is 7.89. The second kappa shape index (κ2) is 13.7. The van der Waals surface area contributed by atoms with Crippen molar-refractivity contribution in [3.05, 3.63) is 142 Å². The molecule has 10 rings (SSSR count). The SMILES string of the molecule is Cc1cccc(C2C3=CCC4C(=O)N(c5ccc(C(=O)c6ccccc6)cc5)C(=O)C4C3CC3C(=O)N(c4cc(-c5sc6ccc(Cl)cc6c5C)nn4C)C(=O)C32C)c1O. The minimum Gasteiger partial charge on any atom is -0.507 e. The van der Waals surface area contributed by atoms with Crippen molar-refractivity contribution in [1.29, 1.82) is 0 Å². The van der Waals surface area contributed by atoms with E-state index in [0.29, 0.717) is 44.5 Å². The van der Waals surface area contributed by atoms with Gasteiger partial charge in [0.05, 0.1) is 33.7 Å². The van der Waals surface area contributed by atoms with E-state index in [4.69, 9.17) is 16.7 Å². The number of hydrogen-bond donors (Lipinski definition) is 1. The van der Waals surface area contributed by atoms with Gasteiger partial charge in [-0.2, -0.15) is 5.10 Å². The monoisotopic (exact) mass is 834 g/mol. The molecule has 6 atom stereocenters. The van der Waals surface area contributed by atoms with Crippen LogP contribution in [0.4, 0.5) is 11.5 Å². The number of amides is 4. The molecule has 2 aliphatic carbocycles. The molecule has 6 unspecified atom stereocenters. The summed E-state index contributed by atoms with van der Waals surface area (Å²) in [6, 6.07) is 28.3. The number of thiophene rings is 1. The van der Waals surface area contributed by atoms with Crippen LogP contribution in [0, 0.1) is 42.9 Å². The zero-order valence-corrected chi connectivity index (χ0v) is 34.8. The van der Waals surface area contributed by atoms with Crippen molar-refractivity contribution in [2.75, 3.05) is 9.80 Å². The van der Waals surface area contributed by atoms with Crippen molar-refractivity contribution in [2.24, 2.45) is 36.1 Å². The van der Waals surface area contributed by atoms with E-state index >= 15 is 4.79 Å². The fourth-order valence-corrected chi connectivity index (χ4v) is 11.8. The number of fused-ring (bicyclic) bond motifs is 5. The highest BCUT2D eigenvalue weighted by Crippen LogP contribution is 2.64. The number of para-hydroxylation sites is 1. The molecule has 12 heteroatoms. The fraction of sp³-hybridized carbons (Fsp3) is 0.250. The third kappa shape index (κ3) is 5.38. The fourth-order valence-electron chi connectivity index (χ4n) is 10.5. The second-order valence-electron chi connectivity index (χ2n) is 16.6. The molecule has 4 aliphatic rings. The van der Waals surface area contributed by atoms with Gasteiger partial charge in [-0.25, -0.2) is 4.90 Å². The summed E-state index contributed by atoms with van der Waals surface area (Å²) in [4.78, 5) is 75.6. The molecule has 0 spiro atoms. The van der Waals surface area contributed by atoms with Crippen molar-refractivity contribution in [2.45, 2.75) is 39.5 Å². The van der Waals surface area contributed by atoms with Crippen LogP contribution in [0.15, 0.2) is 109 Å². The molecule has 6 aromatic rings. The van der Waals surface area contributed by atoms with Crippen LogP contribution >= 0.6 is 22.9 Å². The van der Waals surface area contributed by atoms with Crippen LogP contribution in [0.3, 0.4) is 0 Å². The van der Waals surface area contributed by atoms with Gasteiger partial charge in [-0.1, -0.05) is 71.8 Å². The Balaban J connectivity index is 1.03. The van der Waals surface area contributed by atoms with E-state index in [9.17, 15) is 24.3 Å². The molecule has 2 saturated heterocycles. The predicted molar refractivity (Wildman–Crippen MR) is 230 cm³/mol. The van der Waals surface area contributed by atoms with Gasteiger partial charge in [-0.15, -0.1) is 11.3 Å². The van der Waals surface area contributed by atoms with E-state index in [1.807, 2.05) is 43.3 Å². The quantitative estimate of drug-likeness (QED) is 0.101. The van der Waals surface area contributed by atoms with Crippen molar-refractivity contribution >= 4 is 73.9 Å². The third-order valence-corrected chi connectivity index (χ3v) is 15.0. The number of phenolic OH excluding ortho intramolecular Hbond substituents is 1. The number of anilines is 2. The Morgan fingerprint density at radius 2 is 1.58 bits per heavy atom. The summed E-state index contributed by atoms with van der Waals surface area (Å²) in [5, 5.41) is 18.1. The van der Waals surface area contributed by atoms with E-state index in [-0.39, 0.29) is 36.2 Å². The van der Waals surface area contributed by atoms with Crippen LogP contribution in [-0.2, 0) is 26.2 Å². The Morgan fingerprint density at radius 1 is 0.850 bits per heavy atom. The molecule has 2 aromatic heterocycles. The molecular weight excluding hydrogens is 796 g/mol. The van der Waals surface area contributed by atoms with E-state index in [0.717, 1.165) is 26.1 Å². The van der Waals surface area contributed by atoms with Crippen molar-refractivity contribution in [1.82, 2.24) is 9.78 Å². The van der Waals surface area contributed by atoms with Gasteiger partial charge in [0.25, 0.3) is 0 Å². The Hall–Kier alpha value is -6.17. The predicted octanol–water partition coefficient (Wildman–Crippen LogP) is 8.94. The highest BCUT2D eigenvalue weighted by Gasteiger charge is 2.68. The summed E-state index contributed by atoms with van der Waals surface area (Å²) < 4.78 is 2.59. The zero-order valence-electron chi connectivity index (χ0n) is 33.2. The number of ketones is 1. The summed E-state index contributed by atoms with van der Waals surface area (Å²) in [5.41, 5.74) is 3.46. The minimum absolute atomic E-state index is 0.0219. The van der Waals surface area contributed by atoms with Crippen molar-refractivity contribution in [3.8, 4) is 16.3 Å². The molecule has 4 aromatic carbocycles. The van der Waals surface area contributed by atoms with Gasteiger partial charge < -0.3 is 5.11 Å². The molecule has 60 heavy (non-hydrogen) atoms. The lowest BCUT2D eigenvalue weighted by Gasteiger charge is -2.49. The van der Waals surface area contributed by atoms with Crippen LogP contribution in [0.5, 0.6) is 5.75 Å². The lowest BCUT2D eigenvalue weighted by atomic mass is 9.51. The normalized spacial score (nSPS) is 24.8. The third-order valence-electron chi connectivity index (χ3n) is 13.5. The number of nitrogens with zero attached hydrogens (tertiary/aromatic N) is 4. The van der Waals surface area contributed by atoms with E-state index in [1.165, 1.54) is 9.80 Å². The number of imide groups is 2. The maximum absolute atomic E-state index is 15.2. The molecule has 1 saturated carbocycles. The van der Waals surface area contributed by atoms with Crippen LogP contribution in [-0.4, -0.2) is 44.3 Å². The highest BCUT2D eigenvalue weighted by atomic mass is 35.5. The molecule has 3 fully saturated rings. The van der Waals surface area contributed by atoms with Gasteiger partial charge in [0, 0.05) is 45.4 Å².